The molecule has 2 aromatic rings. The molecule has 1 aromatic carbocycles. The molecule has 1 aromatic heterocycles. The molecule has 212 valence electrons. The summed E-state index contributed by atoms with van der Waals surface area (Å²) in [5.41, 5.74) is -0.554. The van der Waals surface area contributed by atoms with Gasteiger partial charge in [0.25, 0.3) is 5.56 Å². The fourth-order valence-electron chi connectivity index (χ4n) is 3.47. The molecule has 1 heterocycles. The van der Waals surface area contributed by atoms with E-state index in [1.807, 2.05) is 13.8 Å². The van der Waals surface area contributed by atoms with Gasteiger partial charge in [-0.2, -0.15) is 0 Å². The zero-order valence-corrected chi connectivity index (χ0v) is 23.2. The lowest BCUT2D eigenvalue weighted by Gasteiger charge is -2.18. The van der Waals surface area contributed by atoms with Gasteiger partial charge in [0.2, 0.25) is 21.8 Å². The van der Waals surface area contributed by atoms with Crippen LogP contribution in [0, 0.1) is 5.92 Å². The van der Waals surface area contributed by atoms with Gasteiger partial charge in [0.05, 0.1) is 6.61 Å². The number of hydrogen-bond donors (Lipinski definition) is 3. The fourth-order valence-corrected chi connectivity index (χ4v) is 4.86. The number of amides is 2. The topological polar surface area (TPSA) is 153 Å². The number of allylic oxidation sites excluding steroid dienone is 1. The second-order valence-corrected chi connectivity index (χ2v) is 11.0. The van der Waals surface area contributed by atoms with Gasteiger partial charge in [0.15, 0.2) is 5.25 Å². The summed E-state index contributed by atoms with van der Waals surface area (Å²) in [6, 6.07) is 10.9. The number of benzene rings is 1. The monoisotopic (exact) mass is 560 g/mol. The second-order valence-electron chi connectivity index (χ2n) is 9.11. The predicted molar refractivity (Wildman–Crippen MR) is 150 cm³/mol. The van der Waals surface area contributed by atoms with Crippen molar-refractivity contribution in [1.82, 2.24) is 9.88 Å². The molecule has 0 fully saturated rings. The number of anilines is 2. The van der Waals surface area contributed by atoms with Crippen molar-refractivity contribution in [2.24, 2.45) is 5.92 Å². The number of ether oxygens (including phenoxy) is 1. The lowest BCUT2D eigenvalue weighted by Crippen LogP contribution is -2.40. The van der Waals surface area contributed by atoms with Crippen LogP contribution in [-0.2, 0) is 35.7 Å². The van der Waals surface area contributed by atoms with Crippen molar-refractivity contribution < 1.29 is 27.5 Å². The minimum absolute atomic E-state index is 0.0716. The van der Waals surface area contributed by atoms with Crippen LogP contribution in [0.3, 0.4) is 0 Å². The largest absolute Gasteiger partial charge is 0.463 e. The number of pyridine rings is 1. The van der Waals surface area contributed by atoms with Crippen molar-refractivity contribution in [3.05, 3.63) is 71.2 Å². The van der Waals surface area contributed by atoms with E-state index in [4.69, 9.17) is 4.74 Å². The van der Waals surface area contributed by atoms with Crippen LogP contribution in [0.15, 0.2) is 65.6 Å². The molecular weight excluding hydrogens is 524 g/mol. The predicted octanol–water partition coefficient (Wildman–Crippen LogP) is 2.66. The lowest BCUT2D eigenvalue weighted by atomic mass is 10.1. The Balaban J connectivity index is 2.21. The average molecular weight is 561 g/mol. The van der Waals surface area contributed by atoms with Crippen LogP contribution in [0.2, 0.25) is 0 Å². The first-order valence-electron chi connectivity index (χ1n) is 12.7. The summed E-state index contributed by atoms with van der Waals surface area (Å²) in [5.74, 6) is -1.46. The Bertz CT molecular complexity index is 1300. The van der Waals surface area contributed by atoms with Gasteiger partial charge in [0, 0.05) is 24.5 Å². The van der Waals surface area contributed by atoms with Crippen LogP contribution in [0.1, 0.15) is 40.0 Å². The first-order chi connectivity index (χ1) is 18.5. The highest BCUT2D eigenvalue weighted by Crippen LogP contribution is 2.17. The van der Waals surface area contributed by atoms with Crippen molar-refractivity contribution in [1.29, 1.82) is 0 Å². The van der Waals surface area contributed by atoms with Crippen molar-refractivity contribution in [3.8, 4) is 0 Å². The molecule has 0 aliphatic rings. The molecule has 11 nitrogen and oxygen atoms in total. The Morgan fingerprint density at radius 3 is 2.44 bits per heavy atom. The first kappa shape index (κ1) is 31.3. The van der Waals surface area contributed by atoms with Crippen LogP contribution in [0.25, 0.3) is 0 Å². The number of nitrogens with one attached hydrogen (secondary N) is 3. The summed E-state index contributed by atoms with van der Waals surface area (Å²) < 4.78 is 34.7. The molecule has 0 radical (unpaired) electrons. The van der Waals surface area contributed by atoms with E-state index < -0.39 is 32.7 Å². The fraction of sp³-hybridized carbons (Fsp3) is 0.407. The highest BCUT2D eigenvalue weighted by atomic mass is 32.2. The summed E-state index contributed by atoms with van der Waals surface area (Å²) >= 11 is 0. The summed E-state index contributed by atoms with van der Waals surface area (Å²) in [5, 5.41) is 3.55. The van der Waals surface area contributed by atoms with E-state index in [1.54, 1.807) is 25.1 Å². The van der Waals surface area contributed by atoms with E-state index in [1.165, 1.54) is 36.5 Å². The molecule has 2 amide bonds. The quantitative estimate of drug-likeness (QED) is 0.224. The number of carbonyl (C=O) groups excluding carboxylic acids is 3. The summed E-state index contributed by atoms with van der Waals surface area (Å²) in [7, 11) is -4.25. The highest BCUT2D eigenvalue weighted by Gasteiger charge is 2.32. The molecule has 0 saturated carbocycles. The normalized spacial score (nSPS) is 12.2. The molecule has 0 aliphatic carbocycles. The number of para-hydroxylation sites is 1. The summed E-state index contributed by atoms with van der Waals surface area (Å²) in [6.07, 6.45) is 4.68. The molecule has 2 rings (SSSR count). The van der Waals surface area contributed by atoms with Crippen molar-refractivity contribution in [2.75, 3.05) is 23.2 Å². The summed E-state index contributed by atoms with van der Waals surface area (Å²) in [4.78, 5) is 49.9. The minimum atomic E-state index is -4.25. The second kappa shape index (κ2) is 15.5. The molecule has 1 atom stereocenters. The number of carbonyl (C=O) groups is 3. The molecule has 0 aliphatic heterocycles. The number of aromatic nitrogens is 1. The Hall–Kier alpha value is -3.93. The van der Waals surface area contributed by atoms with Gasteiger partial charge in [-0.25, -0.2) is 13.2 Å². The van der Waals surface area contributed by atoms with Crippen LogP contribution >= 0.6 is 0 Å². The Kier molecular flexibility index (Phi) is 12.4. The molecule has 0 bridgehead atoms. The lowest BCUT2D eigenvalue weighted by molar-refractivity contribution is -0.137. The molecule has 0 saturated heterocycles. The van der Waals surface area contributed by atoms with E-state index in [0.717, 1.165) is 17.1 Å². The van der Waals surface area contributed by atoms with E-state index in [0.29, 0.717) is 12.5 Å². The summed E-state index contributed by atoms with van der Waals surface area (Å²) in [6.45, 7) is 6.13. The third-order valence-corrected chi connectivity index (χ3v) is 7.19. The van der Waals surface area contributed by atoms with Gasteiger partial charge in [0.1, 0.15) is 12.2 Å². The van der Waals surface area contributed by atoms with Gasteiger partial charge in [-0.05, 0) is 56.4 Å². The number of hydrogen-bond acceptors (Lipinski definition) is 7. The van der Waals surface area contributed by atoms with Crippen LogP contribution in [-0.4, -0.2) is 49.2 Å². The van der Waals surface area contributed by atoms with Gasteiger partial charge in [-0.3, -0.25) is 19.1 Å². The maximum atomic E-state index is 13.2. The molecule has 1 unspecified atom stereocenters. The maximum absolute atomic E-state index is 13.2. The SMILES string of the molecule is CCOC(=O)/C=C/CCC(C(=O)Nc1cccn(CC(=O)NCCC(C)C)c1=O)S(=O)(=O)Nc1ccccc1. The number of nitrogens with zero attached hydrogens (tertiary/aromatic N) is 1. The van der Waals surface area contributed by atoms with E-state index in [9.17, 15) is 27.6 Å². The minimum Gasteiger partial charge on any atom is -0.463 e. The average Bonchev–Trinajstić information content (AvgIpc) is 2.86. The highest BCUT2D eigenvalue weighted by molar-refractivity contribution is 7.94. The molecule has 0 spiro atoms. The molecular formula is C27H36N4O7S. The molecule has 3 N–H and O–H groups in total. The Labute approximate surface area is 228 Å². The van der Waals surface area contributed by atoms with Crippen molar-refractivity contribution >= 4 is 39.2 Å². The van der Waals surface area contributed by atoms with Crippen LogP contribution in [0.5, 0.6) is 0 Å². The van der Waals surface area contributed by atoms with Gasteiger partial charge in [-0.15, -0.1) is 0 Å². The van der Waals surface area contributed by atoms with E-state index in [-0.39, 0.29) is 43.3 Å². The van der Waals surface area contributed by atoms with Gasteiger partial charge >= 0.3 is 5.97 Å². The third kappa shape index (κ3) is 10.8. The zero-order chi connectivity index (χ0) is 28.8. The number of sulfonamides is 1. The molecule has 12 heteroatoms. The standard InChI is InChI=1S/C27H36N4O7S/c1-4-38-25(33)15-9-8-14-23(39(36,37)30-21-11-6-5-7-12-21)26(34)29-22-13-10-18-31(27(22)35)19-24(32)28-17-16-20(2)3/h5-7,9-13,15,18,20,23,30H,4,8,14,16-17,19H2,1-3H3,(H,28,32)(H,29,34)/b15-9+. The third-order valence-electron chi connectivity index (χ3n) is 5.47. The van der Waals surface area contributed by atoms with Crippen molar-refractivity contribution in [2.45, 2.75) is 51.8 Å². The zero-order valence-electron chi connectivity index (χ0n) is 22.4. The van der Waals surface area contributed by atoms with Gasteiger partial charge in [-0.1, -0.05) is 38.1 Å². The maximum Gasteiger partial charge on any atom is 0.330 e. The van der Waals surface area contributed by atoms with Crippen LogP contribution < -0.4 is 20.9 Å². The smallest absolute Gasteiger partial charge is 0.330 e. The first-order valence-corrected chi connectivity index (χ1v) is 14.2. The number of rotatable bonds is 15. The number of esters is 1. The van der Waals surface area contributed by atoms with E-state index in [2.05, 4.69) is 15.4 Å². The van der Waals surface area contributed by atoms with Gasteiger partial charge < -0.3 is 19.9 Å². The Morgan fingerprint density at radius 1 is 1.05 bits per heavy atom. The van der Waals surface area contributed by atoms with Crippen LogP contribution in [0.4, 0.5) is 11.4 Å². The molecule has 39 heavy (non-hydrogen) atoms. The van der Waals surface area contributed by atoms with E-state index >= 15 is 0 Å². The van der Waals surface area contributed by atoms with Crippen molar-refractivity contribution in [3.63, 3.8) is 0 Å². The Morgan fingerprint density at radius 2 is 1.77 bits per heavy atom.